The van der Waals surface area contributed by atoms with Crippen LogP contribution in [0.4, 0.5) is 10.9 Å². The van der Waals surface area contributed by atoms with Crippen LogP contribution < -0.4 is 5.32 Å². The number of hydrogen-bond acceptors (Lipinski definition) is 6. The fourth-order valence-corrected chi connectivity index (χ4v) is 2.10. The van der Waals surface area contributed by atoms with Gasteiger partial charge in [-0.1, -0.05) is 18.3 Å². The molecule has 0 saturated heterocycles. The zero-order valence-corrected chi connectivity index (χ0v) is 10.7. The number of hydrogen-bond donors (Lipinski definition) is 2. The van der Waals surface area contributed by atoms with E-state index in [4.69, 9.17) is 5.26 Å². The van der Waals surface area contributed by atoms with Gasteiger partial charge in [-0.15, -0.1) is 0 Å². The molecular weight excluding hydrogens is 248 g/mol. The molecule has 0 aliphatic carbocycles. The van der Waals surface area contributed by atoms with Crippen molar-refractivity contribution >= 4 is 22.3 Å². The number of aryl methyl sites for hydroxylation is 1. The highest BCUT2D eigenvalue weighted by atomic mass is 32.1. The van der Waals surface area contributed by atoms with Crippen molar-refractivity contribution in [1.82, 2.24) is 9.97 Å². The van der Waals surface area contributed by atoms with Crippen LogP contribution in [0.15, 0.2) is 18.3 Å². The lowest BCUT2D eigenvalue weighted by atomic mass is 10.2. The lowest BCUT2D eigenvalue weighted by Gasteiger charge is -2.06. The van der Waals surface area contributed by atoms with Crippen molar-refractivity contribution in [2.75, 3.05) is 5.32 Å². The normalized spacial score (nSPS) is 10.1. The van der Waals surface area contributed by atoms with Crippen molar-refractivity contribution in [3.63, 3.8) is 0 Å². The molecule has 0 bridgehead atoms. The van der Waals surface area contributed by atoms with Crippen LogP contribution in [0.25, 0.3) is 0 Å². The van der Waals surface area contributed by atoms with Crippen LogP contribution in [0.2, 0.25) is 0 Å². The van der Waals surface area contributed by atoms with E-state index in [1.807, 2.05) is 19.1 Å². The first-order valence-corrected chi connectivity index (χ1v) is 6.30. The molecule has 6 heteroatoms. The number of aliphatic hydroxyl groups is 1. The Morgan fingerprint density at radius 2 is 2.33 bits per heavy atom. The fourth-order valence-electron chi connectivity index (χ4n) is 1.48. The molecule has 0 radical (unpaired) electrons. The summed E-state index contributed by atoms with van der Waals surface area (Å²) in [6.07, 6.45) is 2.31. The molecule has 2 aromatic heterocycles. The molecule has 2 heterocycles. The van der Waals surface area contributed by atoms with Crippen LogP contribution in [-0.4, -0.2) is 15.1 Å². The molecule has 0 aromatic carbocycles. The lowest BCUT2D eigenvalue weighted by molar-refractivity contribution is 0.281. The van der Waals surface area contributed by atoms with Crippen molar-refractivity contribution in [3.05, 3.63) is 34.5 Å². The third-order valence-electron chi connectivity index (χ3n) is 2.33. The van der Waals surface area contributed by atoms with E-state index in [1.165, 1.54) is 17.5 Å². The number of anilines is 2. The minimum atomic E-state index is -0.0223. The molecule has 5 nitrogen and oxygen atoms in total. The number of nitrogens with zero attached hydrogens (tertiary/aromatic N) is 3. The van der Waals surface area contributed by atoms with Crippen LogP contribution in [-0.2, 0) is 13.0 Å². The van der Waals surface area contributed by atoms with Gasteiger partial charge in [0, 0.05) is 5.69 Å². The van der Waals surface area contributed by atoms with E-state index in [-0.39, 0.29) is 6.61 Å². The number of thiazole rings is 1. The summed E-state index contributed by atoms with van der Waals surface area (Å²) in [5, 5.41) is 21.6. The maximum Gasteiger partial charge on any atom is 0.189 e. The lowest BCUT2D eigenvalue weighted by Crippen LogP contribution is -1.98. The molecule has 18 heavy (non-hydrogen) atoms. The van der Waals surface area contributed by atoms with E-state index in [9.17, 15) is 5.11 Å². The molecule has 2 rings (SSSR count). The summed E-state index contributed by atoms with van der Waals surface area (Å²) in [6, 6.07) is 5.67. The SMILES string of the molecule is CCc1cc(CO)cc(Nc2ncc(C#N)s2)n1. The van der Waals surface area contributed by atoms with Crippen molar-refractivity contribution in [3.8, 4) is 6.07 Å². The molecule has 92 valence electrons. The van der Waals surface area contributed by atoms with Gasteiger partial charge in [0.05, 0.1) is 12.8 Å². The van der Waals surface area contributed by atoms with Crippen LogP contribution in [0.1, 0.15) is 23.1 Å². The van der Waals surface area contributed by atoms with Gasteiger partial charge in [-0.05, 0) is 24.1 Å². The van der Waals surface area contributed by atoms with Gasteiger partial charge in [0.25, 0.3) is 0 Å². The Kier molecular flexibility index (Phi) is 3.87. The highest BCUT2D eigenvalue weighted by Crippen LogP contribution is 2.22. The predicted octanol–water partition coefficient (Wildman–Crippen LogP) is 2.21. The summed E-state index contributed by atoms with van der Waals surface area (Å²) in [6.45, 7) is 1.98. The van der Waals surface area contributed by atoms with Crippen LogP contribution >= 0.6 is 11.3 Å². The van der Waals surface area contributed by atoms with E-state index in [0.717, 1.165) is 17.7 Å². The van der Waals surface area contributed by atoms with Gasteiger partial charge in [0.15, 0.2) is 5.13 Å². The highest BCUT2D eigenvalue weighted by molar-refractivity contribution is 7.16. The summed E-state index contributed by atoms with van der Waals surface area (Å²) in [5.41, 5.74) is 1.71. The first kappa shape index (κ1) is 12.5. The van der Waals surface area contributed by atoms with Crippen molar-refractivity contribution in [2.24, 2.45) is 0 Å². The molecule has 2 aromatic rings. The summed E-state index contributed by atoms with van der Waals surface area (Å²) in [7, 11) is 0. The minimum absolute atomic E-state index is 0.0223. The fraction of sp³-hybridized carbons (Fsp3) is 0.250. The molecule has 0 spiro atoms. The van der Waals surface area contributed by atoms with Gasteiger partial charge in [-0.2, -0.15) is 5.26 Å². The summed E-state index contributed by atoms with van der Waals surface area (Å²) >= 11 is 1.27. The second-order valence-corrected chi connectivity index (χ2v) is 4.66. The predicted molar refractivity (Wildman–Crippen MR) is 69.6 cm³/mol. The van der Waals surface area contributed by atoms with Gasteiger partial charge in [-0.25, -0.2) is 9.97 Å². The third-order valence-corrected chi connectivity index (χ3v) is 3.15. The average Bonchev–Trinajstić information content (AvgIpc) is 2.85. The topological polar surface area (TPSA) is 81.8 Å². The molecule has 0 amide bonds. The second-order valence-electron chi connectivity index (χ2n) is 3.63. The number of rotatable bonds is 4. The van der Waals surface area contributed by atoms with E-state index in [1.54, 1.807) is 6.07 Å². The Morgan fingerprint density at radius 1 is 1.50 bits per heavy atom. The molecule has 2 N–H and O–H groups in total. The Balaban J connectivity index is 2.25. The summed E-state index contributed by atoms with van der Waals surface area (Å²) in [5.74, 6) is 0.636. The minimum Gasteiger partial charge on any atom is -0.392 e. The molecule has 0 aliphatic rings. The van der Waals surface area contributed by atoms with Gasteiger partial charge >= 0.3 is 0 Å². The standard InChI is InChI=1S/C12H12N4OS/c1-2-9-3-8(7-17)4-11(15-9)16-12-14-6-10(5-13)18-12/h3-4,6,17H,2,7H2,1H3,(H,14,15,16). The van der Waals surface area contributed by atoms with Crippen LogP contribution in [0.3, 0.4) is 0 Å². The molecule has 0 aliphatic heterocycles. The molecular formula is C12H12N4OS. The maximum absolute atomic E-state index is 9.18. The van der Waals surface area contributed by atoms with Crippen LogP contribution in [0.5, 0.6) is 0 Å². The van der Waals surface area contributed by atoms with E-state index in [0.29, 0.717) is 15.8 Å². The number of aliphatic hydroxyl groups excluding tert-OH is 1. The molecule has 0 atom stereocenters. The molecule has 0 unspecified atom stereocenters. The Hall–Kier alpha value is -1.97. The van der Waals surface area contributed by atoms with Gasteiger partial charge in [0.1, 0.15) is 16.8 Å². The largest absolute Gasteiger partial charge is 0.392 e. The zero-order valence-electron chi connectivity index (χ0n) is 9.84. The average molecular weight is 260 g/mol. The second kappa shape index (κ2) is 5.58. The zero-order chi connectivity index (χ0) is 13.0. The summed E-state index contributed by atoms with van der Waals surface area (Å²) < 4.78 is 0. The van der Waals surface area contributed by atoms with Crippen molar-refractivity contribution < 1.29 is 5.11 Å². The maximum atomic E-state index is 9.18. The van der Waals surface area contributed by atoms with Gasteiger partial charge < -0.3 is 10.4 Å². The molecule has 0 fully saturated rings. The third kappa shape index (κ3) is 2.83. The van der Waals surface area contributed by atoms with Gasteiger partial charge in [-0.3, -0.25) is 0 Å². The number of pyridine rings is 1. The quantitative estimate of drug-likeness (QED) is 0.880. The first-order chi connectivity index (χ1) is 8.75. The van der Waals surface area contributed by atoms with Gasteiger partial charge in [0.2, 0.25) is 0 Å². The van der Waals surface area contributed by atoms with E-state index >= 15 is 0 Å². The Morgan fingerprint density at radius 3 is 2.94 bits per heavy atom. The number of nitrogens with one attached hydrogen (secondary N) is 1. The Labute approximate surface area is 109 Å². The monoisotopic (exact) mass is 260 g/mol. The number of nitriles is 1. The first-order valence-electron chi connectivity index (χ1n) is 5.48. The highest BCUT2D eigenvalue weighted by Gasteiger charge is 2.05. The van der Waals surface area contributed by atoms with Crippen LogP contribution in [0, 0.1) is 11.3 Å². The number of aromatic nitrogens is 2. The van der Waals surface area contributed by atoms with Crippen molar-refractivity contribution in [2.45, 2.75) is 20.0 Å². The Bertz CT molecular complexity index is 566. The van der Waals surface area contributed by atoms with E-state index in [2.05, 4.69) is 15.3 Å². The van der Waals surface area contributed by atoms with Crippen molar-refractivity contribution in [1.29, 1.82) is 5.26 Å². The molecule has 0 saturated carbocycles. The smallest absolute Gasteiger partial charge is 0.189 e. The van der Waals surface area contributed by atoms with E-state index < -0.39 is 0 Å². The summed E-state index contributed by atoms with van der Waals surface area (Å²) in [4.78, 5) is 9.02.